The maximum Gasteiger partial charge on any atom is 0.230 e. The molecule has 3 rings (SSSR count). The average Bonchev–Trinajstić information content (AvgIpc) is 2.63. The fourth-order valence-electron chi connectivity index (χ4n) is 3.87. The molecule has 2 fully saturated rings. The standard InChI is InChI=1S/C19H28N4O2.2ClH/c1-13-7-8-17(21-11-13)22-18(24)15-5-3-9-23(12-15)19(25)14-4-2-6-16(20)10-14;;/h7-8,11,14-16H,2-6,9-10,12,20H2,1H3,(H,21,22,24);2*1H. The lowest BCUT2D eigenvalue weighted by molar-refractivity contribution is -0.139. The van der Waals surface area contributed by atoms with Crippen molar-refractivity contribution >= 4 is 42.4 Å². The van der Waals surface area contributed by atoms with E-state index >= 15 is 0 Å². The Hall–Kier alpha value is -1.37. The first-order chi connectivity index (χ1) is 12.0. The molecule has 1 saturated heterocycles. The first-order valence-electron chi connectivity index (χ1n) is 9.31. The Labute approximate surface area is 173 Å². The fourth-order valence-corrected chi connectivity index (χ4v) is 3.87. The second-order valence-electron chi connectivity index (χ2n) is 7.46. The number of aryl methyl sites for hydroxylation is 1. The number of piperidine rings is 1. The van der Waals surface area contributed by atoms with Crippen LogP contribution in [0.2, 0.25) is 0 Å². The Bertz CT molecular complexity index is 627. The summed E-state index contributed by atoms with van der Waals surface area (Å²) in [5.41, 5.74) is 7.08. The average molecular weight is 417 g/mol. The number of carbonyl (C=O) groups excluding carboxylic acids is 2. The number of hydrogen-bond donors (Lipinski definition) is 2. The van der Waals surface area contributed by atoms with Gasteiger partial charge in [0, 0.05) is 31.2 Å². The molecular formula is C19H30Cl2N4O2. The summed E-state index contributed by atoms with van der Waals surface area (Å²) in [5, 5.41) is 2.88. The lowest BCUT2D eigenvalue weighted by atomic mass is 9.84. The molecule has 2 amide bonds. The molecule has 2 aliphatic rings. The van der Waals surface area contributed by atoms with Crippen molar-refractivity contribution in [3.8, 4) is 0 Å². The molecule has 1 aromatic heterocycles. The molecule has 1 aliphatic carbocycles. The third-order valence-corrected chi connectivity index (χ3v) is 5.33. The molecule has 3 atom stereocenters. The van der Waals surface area contributed by atoms with E-state index < -0.39 is 0 Å². The third-order valence-electron chi connectivity index (χ3n) is 5.33. The predicted molar refractivity (Wildman–Crippen MR) is 111 cm³/mol. The van der Waals surface area contributed by atoms with Crippen LogP contribution in [0, 0.1) is 18.8 Å². The van der Waals surface area contributed by atoms with Gasteiger partial charge in [-0.1, -0.05) is 12.5 Å². The van der Waals surface area contributed by atoms with Crippen molar-refractivity contribution in [2.45, 2.75) is 51.5 Å². The van der Waals surface area contributed by atoms with Crippen LogP contribution in [-0.2, 0) is 9.59 Å². The van der Waals surface area contributed by atoms with Gasteiger partial charge in [0.2, 0.25) is 11.8 Å². The van der Waals surface area contributed by atoms with Gasteiger partial charge in [0.05, 0.1) is 5.92 Å². The molecule has 152 valence electrons. The number of carbonyl (C=O) groups is 2. The number of likely N-dealkylation sites (tertiary alicyclic amines) is 1. The van der Waals surface area contributed by atoms with E-state index in [1.807, 2.05) is 24.0 Å². The topological polar surface area (TPSA) is 88.3 Å². The number of amides is 2. The number of pyridine rings is 1. The van der Waals surface area contributed by atoms with Crippen molar-refractivity contribution in [2.24, 2.45) is 17.6 Å². The number of anilines is 1. The van der Waals surface area contributed by atoms with Gasteiger partial charge in [-0.15, -0.1) is 24.8 Å². The van der Waals surface area contributed by atoms with E-state index in [4.69, 9.17) is 5.73 Å². The van der Waals surface area contributed by atoms with Gasteiger partial charge in [-0.05, 0) is 50.7 Å². The number of hydrogen-bond acceptors (Lipinski definition) is 4. The van der Waals surface area contributed by atoms with Gasteiger partial charge in [-0.3, -0.25) is 9.59 Å². The summed E-state index contributed by atoms with van der Waals surface area (Å²) in [4.78, 5) is 31.4. The summed E-state index contributed by atoms with van der Waals surface area (Å²) in [6, 6.07) is 3.87. The number of halogens is 2. The number of nitrogens with one attached hydrogen (secondary N) is 1. The van der Waals surface area contributed by atoms with Gasteiger partial charge in [0.25, 0.3) is 0 Å². The Morgan fingerprint density at radius 1 is 1.15 bits per heavy atom. The zero-order valence-electron chi connectivity index (χ0n) is 15.7. The molecular weight excluding hydrogens is 387 g/mol. The SMILES string of the molecule is Cc1ccc(NC(=O)C2CCCN(C(=O)C3CCCC(N)C3)C2)nc1.Cl.Cl. The molecule has 2 heterocycles. The van der Waals surface area contributed by atoms with Crippen molar-refractivity contribution in [2.75, 3.05) is 18.4 Å². The van der Waals surface area contributed by atoms with E-state index in [2.05, 4.69) is 10.3 Å². The van der Waals surface area contributed by atoms with Gasteiger partial charge in [0.1, 0.15) is 5.82 Å². The largest absolute Gasteiger partial charge is 0.342 e. The second kappa shape index (κ2) is 10.8. The molecule has 1 saturated carbocycles. The van der Waals surface area contributed by atoms with Crippen LogP contribution >= 0.6 is 24.8 Å². The van der Waals surface area contributed by atoms with E-state index in [-0.39, 0.29) is 54.5 Å². The summed E-state index contributed by atoms with van der Waals surface area (Å²) in [7, 11) is 0. The van der Waals surface area contributed by atoms with E-state index in [1.165, 1.54) is 0 Å². The Morgan fingerprint density at radius 2 is 1.89 bits per heavy atom. The van der Waals surface area contributed by atoms with E-state index in [9.17, 15) is 9.59 Å². The maximum atomic E-state index is 12.8. The summed E-state index contributed by atoms with van der Waals surface area (Å²) in [5.74, 6) is 0.565. The van der Waals surface area contributed by atoms with Crippen molar-refractivity contribution < 1.29 is 9.59 Å². The number of nitrogens with zero attached hydrogens (tertiary/aromatic N) is 2. The smallest absolute Gasteiger partial charge is 0.230 e. The maximum absolute atomic E-state index is 12.8. The van der Waals surface area contributed by atoms with E-state index in [1.54, 1.807) is 6.20 Å². The van der Waals surface area contributed by atoms with E-state index in [0.29, 0.717) is 12.4 Å². The van der Waals surface area contributed by atoms with Crippen molar-refractivity contribution in [3.63, 3.8) is 0 Å². The highest BCUT2D eigenvalue weighted by Gasteiger charge is 2.33. The molecule has 3 unspecified atom stereocenters. The van der Waals surface area contributed by atoms with Gasteiger partial charge < -0.3 is 16.0 Å². The van der Waals surface area contributed by atoms with Gasteiger partial charge in [0.15, 0.2) is 0 Å². The Balaban J connectivity index is 0.00000182. The minimum absolute atomic E-state index is 0. The Morgan fingerprint density at radius 3 is 2.56 bits per heavy atom. The van der Waals surface area contributed by atoms with Gasteiger partial charge in [-0.25, -0.2) is 4.98 Å². The third kappa shape index (κ3) is 6.33. The minimum atomic E-state index is -0.168. The molecule has 0 aromatic carbocycles. The van der Waals surface area contributed by atoms with Gasteiger partial charge in [-0.2, -0.15) is 0 Å². The van der Waals surface area contributed by atoms with Gasteiger partial charge >= 0.3 is 0 Å². The van der Waals surface area contributed by atoms with Crippen LogP contribution in [0.25, 0.3) is 0 Å². The summed E-state index contributed by atoms with van der Waals surface area (Å²) >= 11 is 0. The van der Waals surface area contributed by atoms with Crippen LogP contribution < -0.4 is 11.1 Å². The Kier molecular flexibility index (Phi) is 9.50. The second-order valence-corrected chi connectivity index (χ2v) is 7.46. The highest BCUT2D eigenvalue weighted by Crippen LogP contribution is 2.27. The van der Waals surface area contributed by atoms with Crippen LogP contribution in [0.5, 0.6) is 0 Å². The highest BCUT2D eigenvalue weighted by atomic mass is 35.5. The van der Waals surface area contributed by atoms with Crippen molar-refractivity contribution in [1.82, 2.24) is 9.88 Å². The van der Waals surface area contributed by atoms with Crippen LogP contribution in [-0.4, -0.2) is 40.8 Å². The molecule has 0 bridgehead atoms. The summed E-state index contributed by atoms with van der Waals surface area (Å²) in [6.45, 7) is 3.21. The van der Waals surface area contributed by atoms with Crippen LogP contribution in [0.15, 0.2) is 18.3 Å². The molecule has 0 spiro atoms. The van der Waals surface area contributed by atoms with Crippen LogP contribution in [0.3, 0.4) is 0 Å². The number of rotatable bonds is 3. The lowest BCUT2D eigenvalue weighted by Crippen LogP contribution is -2.47. The monoisotopic (exact) mass is 416 g/mol. The quantitative estimate of drug-likeness (QED) is 0.792. The highest BCUT2D eigenvalue weighted by molar-refractivity contribution is 5.92. The fraction of sp³-hybridized carbons (Fsp3) is 0.632. The molecule has 27 heavy (non-hydrogen) atoms. The normalized spacial score (nSPS) is 25.0. The molecule has 0 radical (unpaired) electrons. The zero-order chi connectivity index (χ0) is 17.8. The summed E-state index contributed by atoms with van der Waals surface area (Å²) in [6.07, 6.45) is 7.15. The first kappa shape index (κ1) is 23.7. The summed E-state index contributed by atoms with van der Waals surface area (Å²) < 4.78 is 0. The zero-order valence-corrected chi connectivity index (χ0v) is 17.4. The molecule has 1 aromatic rings. The minimum Gasteiger partial charge on any atom is -0.342 e. The molecule has 1 aliphatic heterocycles. The lowest BCUT2D eigenvalue weighted by Gasteiger charge is -2.36. The molecule has 6 nitrogen and oxygen atoms in total. The molecule has 3 N–H and O–H groups in total. The van der Waals surface area contributed by atoms with Crippen LogP contribution in [0.1, 0.15) is 44.1 Å². The first-order valence-corrected chi connectivity index (χ1v) is 9.31. The van der Waals surface area contributed by atoms with Crippen molar-refractivity contribution in [1.29, 1.82) is 0 Å². The predicted octanol–water partition coefficient (Wildman–Crippen LogP) is 2.93. The van der Waals surface area contributed by atoms with Crippen molar-refractivity contribution in [3.05, 3.63) is 23.9 Å². The number of aromatic nitrogens is 1. The number of nitrogens with two attached hydrogens (primary N) is 1. The molecule has 8 heteroatoms. The van der Waals surface area contributed by atoms with Crippen LogP contribution in [0.4, 0.5) is 5.82 Å². The van der Waals surface area contributed by atoms with E-state index in [0.717, 1.165) is 50.6 Å².